The zero-order valence-electron chi connectivity index (χ0n) is 9.66. The molecule has 82 valence electrons. The molecule has 15 heavy (non-hydrogen) atoms. The van der Waals surface area contributed by atoms with Crippen LogP contribution in [0, 0.1) is 5.92 Å². The van der Waals surface area contributed by atoms with E-state index in [0.717, 1.165) is 29.9 Å². The Bertz CT molecular complexity index is 339. The molecule has 1 aliphatic carbocycles. The number of phenols is 1. The van der Waals surface area contributed by atoms with Crippen LogP contribution in [0.5, 0.6) is 5.75 Å². The Morgan fingerprint density at radius 3 is 2.73 bits per heavy atom. The van der Waals surface area contributed by atoms with Crippen LogP contribution in [0.1, 0.15) is 50.2 Å². The van der Waals surface area contributed by atoms with Gasteiger partial charge in [0, 0.05) is 0 Å². The molecule has 2 rings (SSSR count). The number of aryl methyl sites for hydroxylation is 1. The van der Waals surface area contributed by atoms with Gasteiger partial charge < -0.3 is 5.11 Å². The normalized spacial score (nSPS) is 17.7. The molecule has 0 radical (unpaired) electrons. The van der Waals surface area contributed by atoms with E-state index in [2.05, 4.69) is 26.0 Å². The lowest BCUT2D eigenvalue weighted by Gasteiger charge is -2.15. The minimum Gasteiger partial charge on any atom is -0.507 e. The zero-order chi connectivity index (χ0) is 10.8. The number of rotatable bonds is 4. The van der Waals surface area contributed by atoms with Gasteiger partial charge in [-0.3, -0.25) is 0 Å². The van der Waals surface area contributed by atoms with E-state index in [1.54, 1.807) is 0 Å². The molecule has 1 heteroatoms. The number of phenolic OH excluding ortho intramolecular Hbond substituents is 1. The van der Waals surface area contributed by atoms with Crippen molar-refractivity contribution in [3.05, 3.63) is 29.3 Å². The van der Waals surface area contributed by atoms with Crippen LogP contribution in [0.15, 0.2) is 18.2 Å². The van der Waals surface area contributed by atoms with E-state index < -0.39 is 0 Å². The summed E-state index contributed by atoms with van der Waals surface area (Å²) in [6, 6.07) is 6.21. The Labute approximate surface area is 92.1 Å². The van der Waals surface area contributed by atoms with E-state index >= 15 is 0 Å². The van der Waals surface area contributed by atoms with Crippen molar-refractivity contribution in [1.82, 2.24) is 0 Å². The second kappa shape index (κ2) is 4.26. The van der Waals surface area contributed by atoms with E-state index in [4.69, 9.17) is 0 Å². The monoisotopic (exact) mass is 204 g/mol. The molecule has 0 unspecified atom stereocenters. The molecular weight excluding hydrogens is 184 g/mol. The van der Waals surface area contributed by atoms with Crippen molar-refractivity contribution in [2.75, 3.05) is 0 Å². The van der Waals surface area contributed by atoms with Crippen molar-refractivity contribution in [3.8, 4) is 5.75 Å². The lowest BCUT2D eigenvalue weighted by atomic mass is 9.92. The summed E-state index contributed by atoms with van der Waals surface area (Å²) in [5, 5.41) is 10.2. The Balaban J connectivity index is 2.26. The summed E-state index contributed by atoms with van der Waals surface area (Å²) >= 11 is 0. The first-order chi connectivity index (χ1) is 7.24. The maximum atomic E-state index is 10.2. The fraction of sp³-hybridized carbons (Fsp3) is 0.571. The van der Waals surface area contributed by atoms with Crippen molar-refractivity contribution >= 4 is 0 Å². The first kappa shape index (κ1) is 10.5. The molecule has 0 aliphatic heterocycles. The van der Waals surface area contributed by atoms with Gasteiger partial charge in [0.15, 0.2) is 0 Å². The van der Waals surface area contributed by atoms with Crippen molar-refractivity contribution in [2.24, 2.45) is 5.92 Å². The number of hydrogen-bond acceptors (Lipinski definition) is 1. The SMILES string of the molecule is CCCc1cccc([C@H](C)C2CC2)c1O. The smallest absolute Gasteiger partial charge is 0.122 e. The lowest BCUT2D eigenvalue weighted by molar-refractivity contribution is 0.451. The second-order valence-electron chi connectivity index (χ2n) is 4.73. The molecule has 1 nitrogen and oxygen atoms in total. The predicted octanol–water partition coefficient (Wildman–Crippen LogP) is 3.86. The molecule has 1 fully saturated rings. The second-order valence-corrected chi connectivity index (χ2v) is 4.73. The van der Waals surface area contributed by atoms with Gasteiger partial charge in [-0.05, 0) is 42.2 Å². The van der Waals surface area contributed by atoms with Crippen molar-refractivity contribution in [3.63, 3.8) is 0 Å². The molecule has 0 heterocycles. The fourth-order valence-electron chi connectivity index (χ4n) is 2.30. The Hall–Kier alpha value is -0.980. The first-order valence-corrected chi connectivity index (χ1v) is 6.04. The summed E-state index contributed by atoms with van der Waals surface area (Å²) in [5.41, 5.74) is 2.27. The van der Waals surface area contributed by atoms with E-state index in [-0.39, 0.29) is 0 Å². The maximum absolute atomic E-state index is 10.2. The molecule has 1 saturated carbocycles. The Morgan fingerprint density at radius 1 is 1.40 bits per heavy atom. The van der Waals surface area contributed by atoms with Gasteiger partial charge in [-0.1, -0.05) is 38.5 Å². The van der Waals surface area contributed by atoms with Gasteiger partial charge in [0.2, 0.25) is 0 Å². The van der Waals surface area contributed by atoms with Crippen LogP contribution < -0.4 is 0 Å². The van der Waals surface area contributed by atoms with E-state index in [1.807, 2.05) is 6.07 Å². The van der Waals surface area contributed by atoms with Crippen LogP contribution in [-0.4, -0.2) is 5.11 Å². The van der Waals surface area contributed by atoms with E-state index in [9.17, 15) is 5.11 Å². The fourth-order valence-corrected chi connectivity index (χ4v) is 2.30. The van der Waals surface area contributed by atoms with Crippen molar-refractivity contribution in [1.29, 1.82) is 0 Å². The summed E-state index contributed by atoms with van der Waals surface area (Å²) < 4.78 is 0. The average Bonchev–Trinajstić information content (AvgIpc) is 3.04. The predicted molar refractivity (Wildman–Crippen MR) is 63.2 cm³/mol. The Kier molecular flexibility index (Phi) is 2.99. The average molecular weight is 204 g/mol. The van der Waals surface area contributed by atoms with Gasteiger partial charge in [0.25, 0.3) is 0 Å². The van der Waals surface area contributed by atoms with E-state index in [1.165, 1.54) is 12.8 Å². The van der Waals surface area contributed by atoms with Crippen LogP contribution in [0.4, 0.5) is 0 Å². The van der Waals surface area contributed by atoms with Crippen LogP contribution in [0.2, 0.25) is 0 Å². The van der Waals surface area contributed by atoms with Gasteiger partial charge in [0.1, 0.15) is 5.75 Å². The minimum atomic E-state index is 0.529. The highest BCUT2D eigenvalue weighted by molar-refractivity contribution is 5.42. The summed E-state index contributed by atoms with van der Waals surface area (Å²) in [7, 11) is 0. The van der Waals surface area contributed by atoms with Gasteiger partial charge in [-0.15, -0.1) is 0 Å². The first-order valence-electron chi connectivity index (χ1n) is 6.04. The van der Waals surface area contributed by atoms with Gasteiger partial charge in [0.05, 0.1) is 0 Å². The minimum absolute atomic E-state index is 0.529. The highest BCUT2D eigenvalue weighted by atomic mass is 16.3. The molecular formula is C14H20O. The largest absolute Gasteiger partial charge is 0.507 e. The quantitative estimate of drug-likeness (QED) is 0.789. The third kappa shape index (κ3) is 2.17. The topological polar surface area (TPSA) is 20.2 Å². The zero-order valence-corrected chi connectivity index (χ0v) is 9.66. The number of para-hydroxylation sites is 1. The number of benzene rings is 1. The molecule has 1 aliphatic rings. The van der Waals surface area contributed by atoms with Crippen LogP contribution in [-0.2, 0) is 6.42 Å². The number of aromatic hydroxyl groups is 1. The maximum Gasteiger partial charge on any atom is 0.122 e. The molecule has 0 bridgehead atoms. The number of hydrogen-bond donors (Lipinski definition) is 1. The third-order valence-corrected chi connectivity index (χ3v) is 3.49. The molecule has 1 atom stereocenters. The molecule has 0 saturated heterocycles. The molecule has 1 N–H and O–H groups in total. The van der Waals surface area contributed by atoms with Gasteiger partial charge in [-0.25, -0.2) is 0 Å². The highest BCUT2D eigenvalue weighted by Gasteiger charge is 2.30. The van der Waals surface area contributed by atoms with Crippen LogP contribution >= 0.6 is 0 Å². The summed E-state index contributed by atoms with van der Waals surface area (Å²) in [6.45, 7) is 4.39. The van der Waals surface area contributed by atoms with Crippen molar-refractivity contribution < 1.29 is 5.11 Å². The summed E-state index contributed by atoms with van der Waals surface area (Å²) in [5.74, 6) is 1.90. The molecule has 1 aromatic rings. The summed E-state index contributed by atoms with van der Waals surface area (Å²) in [4.78, 5) is 0. The standard InChI is InChI=1S/C14H20O/c1-3-5-12-6-4-7-13(14(12)15)10(2)11-8-9-11/h4,6-7,10-11,15H,3,5,8-9H2,1-2H3/t10-/m1/s1. The molecule has 0 aromatic heterocycles. The van der Waals surface area contributed by atoms with Crippen LogP contribution in [0.25, 0.3) is 0 Å². The lowest BCUT2D eigenvalue weighted by Crippen LogP contribution is -1.98. The van der Waals surface area contributed by atoms with Crippen LogP contribution in [0.3, 0.4) is 0 Å². The van der Waals surface area contributed by atoms with E-state index in [0.29, 0.717) is 11.7 Å². The van der Waals surface area contributed by atoms with Crippen molar-refractivity contribution in [2.45, 2.75) is 45.4 Å². The molecule has 0 spiro atoms. The summed E-state index contributed by atoms with van der Waals surface area (Å²) in [6.07, 6.45) is 4.74. The van der Waals surface area contributed by atoms with Gasteiger partial charge >= 0.3 is 0 Å². The highest BCUT2D eigenvalue weighted by Crippen LogP contribution is 2.45. The Morgan fingerprint density at radius 2 is 2.13 bits per heavy atom. The third-order valence-electron chi connectivity index (χ3n) is 3.49. The molecule has 0 amide bonds. The molecule has 1 aromatic carbocycles. The van der Waals surface area contributed by atoms with Gasteiger partial charge in [-0.2, -0.15) is 0 Å².